The number of hydrogen-bond acceptors (Lipinski definition) is 2. The van der Waals surface area contributed by atoms with Crippen LogP contribution in [0, 0.1) is 5.82 Å². The average Bonchev–Trinajstić information content (AvgIpc) is 2.84. The SMILES string of the molecule is CC(Cc1ccco1)NCc1cccc(F)c1Br. The molecule has 1 heterocycles. The van der Waals surface area contributed by atoms with Crippen molar-refractivity contribution in [2.45, 2.75) is 25.9 Å². The highest BCUT2D eigenvalue weighted by Crippen LogP contribution is 2.20. The van der Waals surface area contributed by atoms with E-state index in [9.17, 15) is 4.39 Å². The molecule has 2 nitrogen and oxygen atoms in total. The van der Waals surface area contributed by atoms with Gasteiger partial charge in [-0.15, -0.1) is 0 Å². The highest BCUT2D eigenvalue weighted by molar-refractivity contribution is 9.10. The van der Waals surface area contributed by atoms with Crippen LogP contribution in [0.15, 0.2) is 45.5 Å². The van der Waals surface area contributed by atoms with Gasteiger partial charge in [0.05, 0.1) is 10.7 Å². The lowest BCUT2D eigenvalue weighted by molar-refractivity contribution is 0.455. The van der Waals surface area contributed by atoms with Crippen LogP contribution in [-0.2, 0) is 13.0 Å². The lowest BCUT2D eigenvalue weighted by Gasteiger charge is -2.13. The monoisotopic (exact) mass is 311 g/mol. The average molecular weight is 312 g/mol. The van der Waals surface area contributed by atoms with E-state index in [1.54, 1.807) is 12.3 Å². The minimum absolute atomic E-state index is 0.229. The molecule has 0 aliphatic carbocycles. The largest absolute Gasteiger partial charge is 0.469 e. The first-order valence-electron chi connectivity index (χ1n) is 5.85. The molecule has 0 spiro atoms. The van der Waals surface area contributed by atoms with E-state index in [0.717, 1.165) is 17.7 Å². The van der Waals surface area contributed by atoms with Crippen molar-refractivity contribution in [2.75, 3.05) is 0 Å². The molecular weight excluding hydrogens is 297 g/mol. The summed E-state index contributed by atoms with van der Waals surface area (Å²) in [4.78, 5) is 0. The van der Waals surface area contributed by atoms with E-state index >= 15 is 0 Å². The van der Waals surface area contributed by atoms with Gasteiger partial charge < -0.3 is 9.73 Å². The molecule has 0 aliphatic heterocycles. The highest BCUT2D eigenvalue weighted by atomic mass is 79.9. The topological polar surface area (TPSA) is 25.2 Å². The molecule has 1 atom stereocenters. The van der Waals surface area contributed by atoms with Crippen LogP contribution in [0.3, 0.4) is 0 Å². The molecular formula is C14H15BrFNO. The fourth-order valence-electron chi connectivity index (χ4n) is 1.77. The van der Waals surface area contributed by atoms with Gasteiger partial charge in [0.2, 0.25) is 0 Å². The van der Waals surface area contributed by atoms with Crippen molar-refractivity contribution in [3.05, 3.63) is 58.2 Å². The summed E-state index contributed by atoms with van der Waals surface area (Å²) in [5, 5.41) is 3.35. The first-order chi connectivity index (χ1) is 8.66. The van der Waals surface area contributed by atoms with Gasteiger partial charge in [-0.25, -0.2) is 4.39 Å². The van der Waals surface area contributed by atoms with Crippen LogP contribution >= 0.6 is 15.9 Å². The van der Waals surface area contributed by atoms with E-state index in [1.807, 2.05) is 18.2 Å². The Labute approximate surface area is 114 Å². The van der Waals surface area contributed by atoms with Gasteiger partial charge in [0.15, 0.2) is 0 Å². The maximum Gasteiger partial charge on any atom is 0.137 e. The number of rotatable bonds is 5. The lowest BCUT2D eigenvalue weighted by atomic mass is 10.1. The van der Waals surface area contributed by atoms with Gasteiger partial charge >= 0.3 is 0 Å². The Balaban J connectivity index is 1.89. The second-order valence-corrected chi connectivity index (χ2v) is 5.07. The Morgan fingerprint density at radius 2 is 2.17 bits per heavy atom. The first-order valence-corrected chi connectivity index (χ1v) is 6.65. The standard InChI is InChI=1S/C14H15BrFNO/c1-10(8-12-5-3-7-18-12)17-9-11-4-2-6-13(16)14(11)15/h2-7,10,17H,8-9H2,1H3. The molecule has 0 aliphatic rings. The summed E-state index contributed by atoms with van der Waals surface area (Å²) in [5.41, 5.74) is 0.918. The molecule has 2 aromatic rings. The summed E-state index contributed by atoms with van der Waals surface area (Å²) in [6, 6.07) is 9.17. The number of benzene rings is 1. The number of hydrogen-bond donors (Lipinski definition) is 1. The van der Waals surface area contributed by atoms with Gasteiger partial charge in [-0.1, -0.05) is 12.1 Å². The Kier molecular flexibility index (Phi) is 4.55. The fourth-order valence-corrected chi connectivity index (χ4v) is 2.18. The summed E-state index contributed by atoms with van der Waals surface area (Å²) in [5.74, 6) is 0.723. The fraction of sp³-hybridized carbons (Fsp3) is 0.286. The maximum absolute atomic E-state index is 13.3. The second-order valence-electron chi connectivity index (χ2n) is 4.28. The molecule has 96 valence electrons. The molecule has 1 N–H and O–H groups in total. The molecule has 2 rings (SSSR count). The zero-order valence-electron chi connectivity index (χ0n) is 10.1. The van der Waals surface area contributed by atoms with Gasteiger partial charge in [0, 0.05) is 19.0 Å². The number of halogens is 2. The molecule has 1 aromatic heterocycles. The quantitative estimate of drug-likeness (QED) is 0.906. The smallest absolute Gasteiger partial charge is 0.137 e. The van der Waals surface area contributed by atoms with Crippen LogP contribution in [0.4, 0.5) is 4.39 Å². The minimum Gasteiger partial charge on any atom is -0.469 e. The van der Waals surface area contributed by atoms with E-state index < -0.39 is 0 Å². The molecule has 0 bridgehead atoms. The summed E-state index contributed by atoms with van der Waals surface area (Å²) >= 11 is 3.26. The summed E-state index contributed by atoms with van der Waals surface area (Å²) < 4.78 is 19.1. The Hall–Kier alpha value is -1.13. The first kappa shape index (κ1) is 13.3. The third kappa shape index (κ3) is 3.43. The normalized spacial score (nSPS) is 12.6. The van der Waals surface area contributed by atoms with Gasteiger partial charge in [0.25, 0.3) is 0 Å². The third-order valence-corrected chi connectivity index (χ3v) is 3.65. The number of furan rings is 1. The van der Waals surface area contributed by atoms with Crippen LogP contribution in [0.25, 0.3) is 0 Å². The van der Waals surface area contributed by atoms with Gasteiger partial charge in [-0.2, -0.15) is 0 Å². The second kappa shape index (κ2) is 6.16. The van der Waals surface area contributed by atoms with Gasteiger partial charge in [-0.05, 0) is 46.6 Å². The molecule has 1 aromatic carbocycles. The van der Waals surface area contributed by atoms with Crippen LogP contribution in [-0.4, -0.2) is 6.04 Å². The van der Waals surface area contributed by atoms with E-state index in [4.69, 9.17) is 4.42 Å². The zero-order chi connectivity index (χ0) is 13.0. The molecule has 4 heteroatoms. The molecule has 0 amide bonds. The predicted octanol–water partition coefficient (Wildman–Crippen LogP) is 3.90. The van der Waals surface area contributed by atoms with Crippen molar-refractivity contribution < 1.29 is 8.81 Å². The van der Waals surface area contributed by atoms with Gasteiger partial charge in [-0.3, -0.25) is 0 Å². The molecule has 0 saturated carbocycles. The van der Waals surface area contributed by atoms with Gasteiger partial charge in [0.1, 0.15) is 11.6 Å². The molecule has 0 saturated heterocycles. The van der Waals surface area contributed by atoms with E-state index in [2.05, 4.69) is 28.2 Å². The van der Waals surface area contributed by atoms with Crippen molar-refractivity contribution >= 4 is 15.9 Å². The summed E-state index contributed by atoms with van der Waals surface area (Å²) in [7, 11) is 0. The van der Waals surface area contributed by atoms with E-state index in [1.165, 1.54) is 6.07 Å². The van der Waals surface area contributed by atoms with Crippen molar-refractivity contribution in [3.63, 3.8) is 0 Å². The summed E-state index contributed by atoms with van der Waals surface area (Å²) in [6.45, 7) is 2.70. The highest BCUT2D eigenvalue weighted by Gasteiger charge is 2.08. The van der Waals surface area contributed by atoms with Crippen LogP contribution < -0.4 is 5.32 Å². The van der Waals surface area contributed by atoms with E-state index in [-0.39, 0.29) is 11.9 Å². The minimum atomic E-state index is -0.229. The van der Waals surface area contributed by atoms with Crippen molar-refractivity contribution in [3.8, 4) is 0 Å². The summed E-state index contributed by atoms with van der Waals surface area (Å²) in [6.07, 6.45) is 2.49. The lowest BCUT2D eigenvalue weighted by Crippen LogP contribution is -2.27. The molecule has 18 heavy (non-hydrogen) atoms. The van der Waals surface area contributed by atoms with Crippen LogP contribution in [0.1, 0.15) is 18.2 Å². The van der Waals surface area contributed by atoms with Crippen molar-refractivity contribution in [1.82, 2.24) is 5.32 Å². The predicted molar refractivity (Wildman–Crippen MR) is 72.8 cm³/mol. The van der Waals surface area contributed by atoms with Crippen LogP contribution in [0.5, 0.6) is 0 Å². The Morgan fingerprint density at radius 3 is 2.89 bits per heavy atom. The third-order valence-electron chi connectivity index (χ3n) is 2.76. The number of nitrogens with one attached hydrogen (secondary N) is 1. The zero-order valence-corrected chi connectivity index (χ0v) is 11.7. The maximum atomic E-state index is 13.3. The molecule has 0 fully saturated rings. The van der Waals surface area contributed by atoms with E-state index in [0.29, 0.717) is 11.0 Å². The Morgan fingerprint density at radius 1 is 1.33 bits per heavy atom. The van der Waals surface area contributed by atoms with Crippen LogP contribution in [0.2, 0.25) is 0 Å². The molecule has 1 unspecified atom stereocenters. The van der Waals surface area contributed by atoms with Crippen molar-refractivity contribution in [1.29, 1.82) is 0 Å². The van der Waals surface area contributed by atoms with Crippen molar-refractivity contribution in [2.24, 2.45) is 0 Å². The Bertz CT molecular complexity index is 499. The molecule has 0 radical (unpaired) electrons.